The van der Waals surface area contributed by atoms with Crippen LogP contribution >= 0.6 is 0 Å². The van der Waals surface area contributed by atoms with Gasteiger partial charge in [0, 0.05) is 24.7 Å². The van der Waals surface area contributed by atoms with Crippen molar-refractivity contribution in [2.24, 2.45) is 5.92 Å². The lowest BCUT2D eigenvalue weighted by Gasteiger charge is -2.30. The van der Waals surface area contributed by atoms with Crippen LogP contribution in [0, 0.1) is 12.8 Å². The molecule has 1 amide bonds. The van der Waals surface area contributed by atoms with Crippen molar-refractivity contribution in [1.82, 2.24) is 15.5 Å². The van der Waals surface area contributed by atoms with Gasteiger partial charge in [0.25, 0.3) is 17.7 Å². The molecule has 0 bridgehead atoms. The molecule has 1 aromatic heterocycles. The van der Waals surface area contributed by atoms with Crippen LogP contribution < -0.4 is 15.0 Å². The highest BCUT2D eigenvalue weighted by molar-refractivity contribution is 5.96. The Morgan fingerprint density at radius 3 is 2.62 bits per heavy atom. The van der Waals surface area contributed by atoms with Crippen LogP contribution in [0.5, 0.6) is 5.75 Å². The lowest BCUT2D eigenvalue weighted by Crippen LogP contribution is -2.34. The number of hydrogen-bond donors (Lipinski definition) is 1. The van der Waals surface area contributed by atoms with Gasteiger partial charge in [-0.15, -0.1) is 0 Å². The van der Waals surface area contributed by atoms with Crippen LogP contribution in [0.25, 0.3) is 0 Å². The Morgan fingerprint density at radius 2 is 1.97 bits per heavy atom. The number of amides is 1. The predicted octanol–water partition coefficient (Wildman–Crippen LogP) is 5.33. The molecule has 1 aromatic carbocycles. The minimum Gasteiger partial charge on any atom is -0.494 e. The summed E-state index contributed by atoms with van der Waals surface area (Å²) in [7, 11) is 0. The molecule has 4 rings (SSSR count). The van der Waals surface area contributed by atoms with Crippen molar-refractivity contribution >= 4 is 11.9 Å². The number of rotatable bonds is 9. The lowest BCUT2D eigenvalue weighted by molar-refractivity contribution is 0.0937. The van der Waals surface area contributed by atoms with Gasteiger partial charge in [-0.2, -0.15) is 4.98 Å². The zero-order valence-electron chi connectivity index (χ0n) is 20.6. The van der Waals surface area contributed by atoms with Gasteiger partial charge in [-0.3, -0.25) is 4.79 Å². The number of hydrogen-bond acceptors (Lipinski definition) is 6. The zero-order valence-corrected chi connectivity index (χ0v) is 20.6. The minimum atomic E-state index is -1.62. The van der Waals surface area contributed by atoms with Gasteiger partial charge in [-0.25, -0.2) is 4.39 Å². The summed E-state index contributed by atoms with van der Waals surface area (Å²) in [5, 5.41) is 7.10. The Labute approximate surface area is 201 Å². The molecule has 1 saturated carbocycles. The van der Waals surface area contributed by atoms with Gasteiger partial charge >= 0.3 is 0 Å². The molecule has 0 atom stereocenters. The summed E-state index contributed by atoms with van der Waals surface area (Å²) in [4.78, 5) is 18.8. The number of carbonyl (C=O) groups excluding carboxylic acids is 1. The second kappa shape index (κ2) is 10.7. The number of benzene rings is 1. The van der Waals surface area contributed by atoms with Gasteiger partial charge in [-0.05, 0) is 94.1 Å². The third-order valence-electron chi connectivity index (χ3n) is 6.98. The first-order valence-corrected chi connectivity index (χ1v) is 12.6. The van der Waals surface area contributed by atoms with Gasteiger partial charge in [0.15, 0.2) is 5.67 Å². The number of nitrogens with one attached hydrogen (secondary N) is 1. The van der Waals surface area contributed by atoms with Gasteiger partial charge in [0.1, 0.15) is 5.75 Å². The molecule has 2 aromatic rings. The molecule has 2 aliphatic rings. The molecule has 0 spiro atoms. The summed E-state index contributed by atoms with van der Waals surface area (Å²) in [5.41, 5.74) is 0.0561. The highest BCUT2D eigenvalue weighted by Gasteiger charge is 2.29. The van der Waals surface area contributed by atoms with Gasteiger partial charge in [-0.1, -0.05) is 12.8 Å². The maximum Gasteiger partial charge on any atom is 0.266 e. The van der Waals surface area contributed by atoms with E-state index in [0.717, 1.165) is 68.5 Å². The number of anilines is 1. The molecule has 1 aliphatic heterocycles. The topological polar surface area (TPSA) is 80.5 Å². The Morgan fingerprint density at radius 1 is 1.24 bits per heavy atom. The fraction of sp³-hybridized carbons (Fsp3) is 0.654. The molecule has 1 aliphatic carbocycles. The van der Waals surface area contributed by atoms with Gasteiger partial charge < -0.3 is 19.5 Å². The van der Waals surface area contributed by atoms with E-state index in [1.165, 1.54) is 26.7 Å². The fourth-order valence-electron chi connectivity index (χ4n) is 4.88. The predicted molar refractivity (Wildman–Crippen MR) is 129 cm³/mol. The number of carbonyl (C=O) groups is 1. The van der Waals surface area contributed by atoms with E-state index in [0.29, 0.717) is 24.5 Å². The molecule has 2 fully saturated rings. The Bertz CT molecular complexity index is 957. The third-order valence-corrected chi connectivity index (χ3v) is 6.98. The number of alkyl halides is 1. The normalized spacial score (nSPS) is 17.8. The molecule has 7 nitrogen and oxygen atoms in total. The van der Waals surface area contributed by atoms with E-state index in [1.54, 1.807) is 0 Å². The smallest absolute Gasteiger partial charge is 0.266 e. The molecular weight excluding hydrogens is 435 g/mol. The second-order valence-electron chi connectivity index (χ2n) is 10.2. The van der Waals surface area contributed by atoms with Crippen molar-refractivity contribution in [1.29, 1.82) is 0 Å². The molecular formula is C26H37FN4O3. The van der Waals surface area contributed by atoms with Crippen molar-refractivity contribution in [3.8, 4) is 5.75 Å². The van der Waals surface area contributed by atoms with E-state index < -0.39 is 5.67 Å². The summed E-state index contributed by atoms with van der Waals surface area (Å²) in [5.74, 6) is 1.98. The van der Waals surface area contributed by atoms with Crippen molar-refractivity contribution in [2.75, 3.05) is 24.6 Å². The van der Waals surface area contributed by atoms with E-state index in [1.807, 2.05) is 25.1 Å². The molecule has 1 N–H and O–H groups in total. The number of aromatic nitrogens is 2. The maximum absolute atomic E-state index is 14.0. The summed E-state index contributed by atoms with van der Waals surface area (Å²) >= 11 is 0. The summed E-state index contributed by atoms with van der Waals surface area (Å²) < 4.78 is 25.0. The van der Waals surface area contributed by atoms with E-state index in [2.05, 4.69) is 20.4 Å². The Balaban J connectivity index is 1.16. The molecule has 0 unspecified atom stereocenters. The largest absolute Gasteiger partial charge is 0.494 e. The molecule has 186 valence electrons. The first-order chi connectivity index (χ1) is 16.3. The van der Waals surface area contributed by atoms with Crippen LogP contribution in [-0.2, 0) is 5.67 Å². The number of piperidine rings is 1. The van der Waals surface area contributed by atoms with Crippen molar-refractivity contribution in [3.63, 3.8) is 0 Å². The van der Waals surface area contributed by atoms with Crippen molar-refractivity contribution in [2.45, 2.75) is 83.8 Å². The van der Waals surface area contributed by atoms with Crippen LogP contribution in [0.2, 0.25) is 0 Å². The third kappa shape index (κ3) is 6.27. The maximum atomic E-state index is 14.0. The fourth-order valence-corrected chi connectivity index (χ4v) is 4.88. The van der Waals surface area contributed by atoms with Crippen molar-refractivity contribution in [3.05, 3.63) is 35.2 Å². The molecule has 34 heavy (non-hydrogen) atoms. The summed E-state index contributed by atoms with van der Waals surface area (Å²) in [6.45, 7) is 7.16. The number of ether oxygens (including phenoxy) is 1. The first-order valence-electron chi connectivity index (χ1n) is 12.6. The van der Waals surface area contributed by atoms with Gasteiger partial charge in [0.05, 0.1) is 6.61 Å². The Kier molecular flexibility index (Phi) is 7.73. The van der Waals surface area contributed by atoms with Crippen molar-refractivity contribution < 1.29 is 18.4 Å². The highest BCUT2D eigenvalue weighted by Crippen LogP contribution is 2.28. The van der Waals surface area contributed by atoms with E-state index in [9.17, 15) is 9.18 Å². The molecule has 1 saturated heterocycles. The van der Waals surface area contributed by atoms with Crippen LogP contribution in [0.4, 0.5) is 10.3 Å². The second-order valence-corrected chi connectivity index (χ2v) is 10.2. The quantitative estimate of drug-likeness (QED) is 0.497. The first kappa shape index (κ1) is 24.5. The van der Waals surface area contributed by atoms with Crippen LogP contribution in [-0.4, -0.2) is 41.8 Å². The standard InChI is InChI=1S/C26H37FN4O3/c1-18-17-21(10-11-22(18)23(32)28-20-8-4-5-9-20)33-16-6-7-19-12-14-31(15-13-19)25-29-24(34-30-25)26(2,3)27/h10-11,17,19-20H,4-9,12-16H2,1-3H3,(H,28,32). The molecule has 0 radical (unpaired) electrons. The zero-order chi connectivity index (χ0) is 24.1. The average molecular weight is 473 g/mol. The van der Waals surface area contributed by atoms with E-state index >= 15 is 0 Å². The van der Waals surface area contributed by atoms with Crippen LogP contribution in [0.1, 0.15) is 87.0 Å². The van der Waals surface area contributed by atoms with Crippen LogP contribution in [0.15, 0.2) is 22.7 Å². The molecule has 8 heteroatoms. The highest BCUT2D eigenvalue weighted by atomic mass is 19.1. The number of halogens is 1. The summed E-state index contributed by atoms with van der Waals surface area (Å²) in [6.07, 6.45) is 8.75. The van der Waals surface area contributed by atoms with E-state index in [-0.39, 0.29) is 11.8 Å². The SMILES string of the molecule is Cc1cc(OCCCC2CCN(c3noc(C(C)(C)F)n3)CC2)ccc1C(=O)NC1CCCC1. The minimum absolute atomic E-state index is 0.0211. The van der Waals surface area contributed by atoms with Crippen LogP contribution in [0.3, 0.4) is 0 Å². The molecule has 2 heterocycles. The lowest BCUT2D eigenvalue weighted by atomic mass is 9.92. The summed E-state index contributed by atoms with van der Waals surface area (Å²) in [6, 6.07) is 6.05. The van der Waals surface area contributed by atoms with E-state index in [4.69, 9.17) is 9.26 Å². The monoisotopic (exact) mass is 472 g/mol. The van der Waals surface area contributed by atoms with Gasteiger partial charge in [0.2, 0.25) is 0 Å². The average Bonchev–Trinajstić information content (AvgIpc) is 3.49. The number of aryl methyl sites for hydroxylation is 1. The number of nitrogens with zero attached hydrogens (tertiary/aromatic N) is 3. The Hall–Kier alpha value is -2.64.